The number of halogens is 1. The molecule has 3 rings (SSSR count). The van der Waals surface area contributed by atoms with Gasteiger partial charge in [0.2, 0.25) is 0 Å². The zero-order valence-electron chi connectivity index (χ0n) is 11.1. The van der Waals surface area contributed by atoms with Crippen LogP contribution in [0.3, 0.4) is 0 Å². The van der Waals surface area contributed by atoms with E-state index in [1.807, 2.05) is 6.92 Å². The van der Waals surface area contributed by atoms with Crippen molar-refractivity contribution < 1.29 is 0 Å². The number of hydrogen-bond donors (Lipinski definition) is 0. The van der Waals surface area contributed by atoms with E-state index in [0.29, 0.717) is 11.1 Å². The minimum Gasteiger partial charge on any atom is -0.359 e. The topological polar surface area (TPSA) is 29.0 Å². The van der Waals surface area contributed by atoms with Crippen molar-refractivity contribution in [3.63, 3.8) is 0 Å². The van der Waals surface area contributed by atoms with Gasteiger partial charge < -0.3 is 4.90 Å². The zero-order valence-corrected chi connectivity index (χ0v) is 11.9. The first-order valence-corrected chi connectivity index (χ1v) is 7.28. The second kappa shape index (κ2) is 4.69. The van der Waals surface area contributed by atoms with Crippen molar-refractivity contribution in [2.75, 3.05) is 18.5 Å². The molecule has 98 valence electrons. The highest BCUT2D eigenvalue weighted by Gasteiger charge is 2.29. The van der Waals surface area contributed by atoms with Crippen LogP contribution in [0.25, 0.3) is 0 Å². The Morgan fingerprint density at radius 1 is 1.22 bits per heavy atom. The lowest BCUT2D eigenvalue weighted by atomic mass is 9.85. The molecule has 2 aliphatic carbocycles. The predicted molar refractivity (Wildman–Crippen MR) is 74.4 cm³/mol. The summed E-state index contributed by atoms with van der Waals surface area (Å²) in [6.07, 6.45) is 6.53. The molecule has 1 aromatic heterocycles. The standard InChI is InChI=1S/C14H20ClN3/c1-9-12(15)16-13(11-6-7-11)17-14(9)18(2)8-10-4-3-5-10/h10-11H,3-8H2,1-2H3. The molecule has 0 unspecified atom stereocenters. The second-order valence-electron chi connectivity index (χ2n) is 5.77. The summed E-state index contributed by atoms with van der Waals surface area (Å²) in [6, 6.07) is 0. The molecule has 0 radical (unpaired) electrons. The number of rotatable bonds is 4. The number of hydrogen-bond acceptors (Lipinski definition) is 3. The highest BCUT2D eigenvalue weighted by atomic mass is 35.5. The third-order valence-corrected chi connectivity index (χ3v) is 4.51. The molecule has 2 aliphatic rings. The molecule has 1 heterocycles. The van der Waals surface area contributed by atoms with Crippen LogP contribution in [-0.2, 0) is 0 Å². The molecule has 0 atom stereocenters. The molecule has 0 aliphatic heterocycles. The third-order valence-electron chi connectivity index (χ3n) is 4.14. The fourth-order valence-corrected chi connectivity index (χ4v) is 2.71. The van der Waals surface area contributed by atoms with Crippen LogP contribution in [-0.4, -0.2) is 23.6 Å². The van der Waals surface area contributed by atoms with Crippen molar-refractivity contribution in [3.8, 4) is 0 Å². The fourth-order valence-electron chi connectivity index (χ4n) is 2.54. The summed E-state index contributed by atoms with van der Waals surface area (Å²) in [6.45, 7) is 3.11. The van der Waals surface area contributed by atoms with Crippen LogP contribution in [0, 0.1) is 12.8 Å². The van der Waals surface area contributed by atoms with Crippen molar-refractivity contribution >= 4 is 17.4 Å². The molecule has 0 amide bonds. The molecule has 3 nitrogen and oxygen atoms in total. The van der Waals surface area contributed by atoms with Crippen molar-refractivity contribution in [1.82, 2.24) is 9.97 Å². The summed E-state index contributed by atoms with van der Waals surface area (Å²) in [5, 5.41) is 0.627. The number of aromatic nitrogens is 2. The summed E-state index contributed by atoms with van der Waals surface area (Å²) in [5.41, 5.74) is 1.02. The van der Waals surface area contributed by atoms with Crippen molar-refractivity contribution in [2.45, 2.75) is 44.9 Å². The molecular weight excluding hydrogens is 246 g/mol. The first kappa shape index (κ1) is 12.2. The lowest BCUT2D eigenvalue weighted by Gasteiger charge is -2.31. The van der Waals surface area contributed by atoms with Crippen LogP contribution in [0.1, 0.15) is 49.4 Å². The monoisotopic (exact) mass is 265 g/mol. The Morgan fingerprint density at radius 2 is 1.94 bits per heavy atom. The lowest BCUT2D eigenvalue weighted by molar-refractivity contribution is 0.321. The summed E-state index contributed by atoms with van der Waals surface area (Å²) in [5.74, 6) is 3.37. The van der Waals surface area contributed by atoms with E-state index in [4.69, 9.17) is 16.6 Å². The van der Waals surface area contributed by atoms with Gasteiger partial charge in [0, 0.05) is 25.1 Å². The Kier molecular flexibility index (Phi) is 3.18. The Labute approximate surface area is 114 Å². The molecule has 4 heteroatoms. The Bertz CT molecular complexity index is 453. The van der Waals surface area contributed by atoms with Crippen molar-refractivity contribution in [3.05, 3.63) is 16.5 Å². The van der Waals surface area contributed by atoms with Gasteiger partial charge in [-0.15, -0.1) is 0 Å². The second-order valence-corrected chi connectivity index (χ2v) is 6.13. The summed E-state index contributed by atoms with van der Waals surface area (Å²) < 4.78 is 0. The van der Waals surface area contributed by atoms with E-state index in [9.17, 15) is 0 Å². The molecular formula is C14H20ClN3. The molecule has 0 aromatic carbocycles. The molecule has 2 fully saturated rings. The zero-order chi connectivity index (χ0) is 12.7. The van der Waals surface area contributed by atoms with Crippen LogP contribution in [0.15, 0.2) is 0 Å². The summed E-state index contributed by atoms with van der Waals surface area (Å²) in [7, 11) is 2.13. The molecule has 1 aromatic rings. The van der Waals surface area contributed by atoms with E-state index in [0.717, 1.165) is 29.7 Å². The predicted octanol–water partition coefficient (Wildman–Crippen LogP) is 3.55. The minimum absolute atomic E-state index is 0.555. The van der Waals surface area contributed by atoms with E-state index in [2.05, 4.69) is 16.9 Å². The van der Waals surface area contributed by atoms with E-state index in [-0.39, 0.29) is 0 Å². The van der Waals surface area contributed by atoms with E-state index in [1.54, 1.807) is 0 Å². The number of anilines is 1. The van der Waals surface area contributed by atoms with Gasteiger partial charge in [-0.25, -0.2) is 9.97 Å². The Morgan fingerprint density at radius 3 is 2.50 bits per heavy atom. The van der Waals surface area contributed by atoms with Gasteiger partial charge in [-0.3, -0.25) is 0 Å². The van der Waals surface area contributed by atoms with Gasteiger partial charge >= 0.3 is 0 Å². The summed E-state index contributed by atoms with van der Waals surface area (Å²) >= 11 is 6.24. The normalized spacial score (nSPS) is 19.7. The maximum absolute atomic E-state index is 6.24. The molecule has 0 saturated heterocycles. The van der Waals surface area contributed by atoms with E-state index in [1.165, 1.54) is 32.1 Å². The van der Waals surface area contributed by atoms with Gasteiger partial charge in [0.25, 0.3) is 0 Å². The Hall–Kier alpha value is -0.830. The van der Waals surface area contributed by atoms with Gasteiger partial charge in [0.05, 0.1) is 0 Å². The van der Waals surface area contributed by atoms with Crippen LogP contribution < -0.4 is 4.90 Å². The van der Waals surface area contributed by atoms with Crippen LogP contribution >= 0.6 is 11.6 Å². The Balaban J connectivity index is 1.83. The quantitative estimate of drug-likeness (QED) is 0.780. The van der Waals surface area contributed by atoms with Gasteiger partial charge in [0.1, 0.15) is 16.8 Å². The smallest absolute Gasteiger partial charge is 0.137 e. The van der Waals surface area contributed by atoms with Gasteiger partial charge in [-0.05, 0) is 38.5 Å². The minimum atomic E-state index is 0.555. The van der Waals surface area contributed by atoms with Crippen LogP contribution in [0.2, 0.25) is 5.15 Å². The fraction of sp³-hybridized carbons (Fsp3) is 0.714. The van der Waals surface area contributed by atoms with Gasteiger partial charge in [-0.2, -0.15) is 0 Å². The largest absolute Gasteiger partial charge is 0.359 e. The molecule has 0 bridgehead atoms. The highest BCUT2D eigenvalue weighted by molar-refractivity contribution is 6.30. The van der Waals surface area contributed by atoms with E-state index >= 15 is 0 Å². The highest BCUT2D eigenvalue weighted by Crippen LogP contribution is 2.40. The lowest BCUT2D eigenvalue weighted by Crippen LogP contribution is -2.30. The number of nitrogens with zero attached hydrogens (tertiary/aromatic N) is 3. The SMILES string of the molecule is Cc1c(Cl)nc(C2CC2)nc1N(C)CC1CCC1. The van der Waals surface area contributed by atoms with Crippen molar-refractivity contribution in [2.24, 2.45) is 5.92 Å². The van der Waals surface area contributed by atoms with Crippen molar-refractivity contribution in [1.29, 1.82) is 0 Å². The van der Waals surface area contributed by atoms with Gasteiger partial charge in [0.15, 0.2) is 0 Å². The summed E-state index contributed by atoms with van der Waals surface area (Å²) in [4.78, 5) is 11.4. The first-order valence-electron chi connectivity index (χ1n) is 6.90. The van der Waals surface area contributed by atoms with E-state index < -0.39 is 0 Å². The maximum atomic E-state index is 6.24. The third kappa shape index (κ3) is 2.33. The average molecular weight is 266 g/mol. The molecule has 0 N–H and O–H groups in total. The molecule has 18 heavy (non-hydrogen) atoms. The average Bonchev–Trinajstić information content (AvgIpc) is 3.10. The van der Waals surface area contributed by atoms with Crippen LogP contribution in [0.5, 0.6) is 0 Å². The first-order chi connectivity index (χ1) is 8.65. The van der Waals surface area contributed by atoms with Gasteiger partial charge in [-0.1, -0.05) is 18.0 Å². The maximum Gasteiger partial charge on any atom is 0.137 e. The van der Waals surface area contributed by atoms with Crippen LogP contribution in [0.4, 0.5) is 5.82 Å². The molecule has 0 spiro atoms. The molecule has 2 saturated carbocycles.